The first-order valence-corrected chi connectivity index (χ1v) is 7.01. The number of nitrogens with one attached hydrogen (secondary N) is 1. The zero-order valence-corrected chi connectivity index (χ0v) is 10.6. The van der Waals surface area contributed by atoms with Gasteiger partial charge in [0, 0.05) is 18.6 Å². The van der Waals surface area contributed by atoms with Crippen LogP contribution in [-0.4, -0.2) is 41.3 Å². The van der Waals surface area contributed by atoms with Gasteiger partial charge in [0.2, 0.25) is 0 Å². The average Bonchev–Trinajstić information content (AvgIpc) is 2.65. The lowest BCUT2D eigenvalue weighted by Crippen LogP contribution is -2.47. The predicted octanol–water partition coefficient (Wildman–Crippen LogP) is 0.816. The van der Waals surface area contributed by atoms with Gasteiger partial charge in [0.1, 0.15) is 0 Å². The molecule has 1 aliphatic heterocycles. The molecule has 0 aliphatic carbocycles. The quantitative estimate of drug-likeness (QED) is 0.634. The van der Waals surface area contributed by atoms with E-state index in [1.54, 1.807) is 0 Å². The molecule has 1 fully saturated rings. The zero-order chi connectivity index (χ0) is 11.3. The summed E-state index contributed by atoms with van der Waals surface area (Å²) in [5, 5.41) is 12.8. The number of aliphatic hydroxyl groups is 1. The van der Waals surface area contributed by atoms with E-state index in [1.165, 1.54) is 17.9 Å². The summed E-state index contributed by atoms with van der Waals surface area (Å²) < 4.78 is 0. The molecule has 1 saturated heterocycles. The molecule has 4 N–H and O–H groups in total. The molecular weight excluding hydrogens is 208 g/mol. The molecule has 0 radical (unpaired) electrons. The monoisotopic (exact) mass is 232 g/mol. The molecule has 90 valence electrons. The molecule has 0 aromatic carbocycles. The van der Waals surface area contributed by atoms with Gasteiger partial charge in [0.15, 0.2) is 0 Å². The van der Waals surface area contributed by atoms with Crippen molar-refractivity contribution in [3.05, 3.63) is 0 Å². The van der Waals surface area contributed by atoms with Crippen LogP contribution in [0.15, 0.2) is 0 Å². The zero-order valence-electron chi connectivity index (χ0n) is 9.78. The van der Waals surface area contributed by atoms with Gasteiger partial charge in [-0.1, -0.05) is 0 Å². The van der Waals surface area contributed by atoms with Gasteiger partial charge in [-0.3, -0.25) is 0 Å². The van der Waals surface area contributed by atoms with Crippen LogP contribution in [-0.2, 0) is 0 Å². The van der Waals surface area contributed by atoms with E-state index < -0.39 is 0 Å². The van der Waals surface area contributed by atoms with Crippen molar-refractivity contribution in [2.45, 2.75) is 44.9 Å². The highest BCUT2D eigenvalue weighted by molar-refractivity contribution is 7.99. The van der Waals surface area contributed by atoms with Gasteiger partial charge in [0.25, 0.3) is 0 Å². The Bertz CT molecular complexity index is 172. The van der Waals surface area contributed by atoms with Crippen molar-refractivity contribution in [3.63, 3.8) is 0 Å². The van der Waals surface area contributed by atoms with Crippen molar-refractivity contribution < 1.29 is 5.11 Å². The summed E-state index contributed by atoms with van der Waals surface area (Å²) in [5.74, 6) is 3.22. The maximum absolute atomic E-state index is 9.30. The average molecular weight is 232 g/mol. The smallest absolute Gasteiger partial charge is 0.0526 e. The second-order valence-electron chi connectivity index (χ2n) is 4.62. The molecule has 0 aromatic rings. The van der Waals surface area contributed by atoms with E-state index in [2.05, 4.69) is 12.2 Å². The van der Waals surface area contributed by atoms with E-state index in [1.807, 2.05) is 18.7 Å². The number of rotatable bonds is 6. The summed E-state index contributed by atoms with van der Waals surface area (Å²) in [7, 11) is 0. The first-order valence-electron chi connectivity index (χ1n) is 5.85. The maximum Gasteiger partial charge on any atom is 0.0526 e. The fourth-order valence-corrected chi connectivity index (χ4v) is 3.55. The third-order valence-corrected chi connectivity index (χ3v) is 4.17. The molecule has 1 aliphatic rings. The fraction of sp³-hybridized carbons (Fsp3) is 1.00. The van der Waals surface area contributed by atoms with Crippen molar-refractivity contribution in [1.82, 2.24) is 5.32 Å². The van der Waals surface area contributed by atoms with Crippen LogP contribution in [0.3, 0.4) is 0 Å². The van der Waals surface area contributed by atoms with E-state index >= 15 is 0 Å². The summed E-state index contributed by atoms with van der Waals surface area (Å²) in [6.45, 7) is 4.66. The lowest BCUT2D eigenvalue weighted by molar-refractivity contribution is 0.165. The Balaban J connectivity index is 2.31. The van der Waals surface area contributed by atoms with Gasteiger partial charge in [-0.25, -0.2) is 0 Å². The SMILES string of the molecule is CC(O)CC(C)NC(CN)C1CCSC1. The highest BCUT2D eigenvalue weighted by Gasteiger charge is 2.25. The molecule has 0 aromatic heterocycles. The molecule has 4 atom stereocenters. The molecule has 1 heterocycles. The van der Waals surface area contributed by atoms with E-state index in [9.17, 15) is 5.11 Å². The Morgan fingerprint density at radius 3 is 2.73 bits per heavy atom. The second kappa shape index (κ2) is 6.74. The molecule has 0 saturated carbocycles. The molecule has 0 spiro atoms. The standard InChI is InChI=1S/C11H24N2OS/c1-8(5-9(2)14)13-11(6-12)10-3-4-15-7-10/h8-11,13-14H,3-7,12H2,1-2H3. The Morgan fingerprint density at radius 2 is 2.27 bits per heavy atom. The first-order chi connectivity index (χ1) is 7.13. The topological polar surface area (TPSA) is 58.3 Å². The number of aliphatic hydroxyl groups excluding tert-OH is 1. The van der Waals surface area contributed by atoms with Crippen LogP contribution in [0.2, 0.25) is 0 Å². The molecule has 0 amide bonds. The molecule has 3 nitrogen and oxygen atoms in total. The Labute approximate surface area is 97.2 Å². The minimum atomic E-state index is -0.233. The molecule has 15 heavy (non-hydrogen) atoms. The Hall–Kier alpha value is 0.230. The van der Waals surface area contributed by atoms with Gasteiger partial charge in [-0.15, -0.1) is 0 Å². The van der Waals surface area contributed by atoms with Crippen molar-refractivity contribution in [3.8, 4) is 0 Å². The van der Waals surface area contributed by atoms with Crippen LogP contribution in [0.4, 0.5) is 0 Å². The van der Waals surface area contributed by atoms with Gasteiger partial charge in [-0.05, 0) is 44.1 Å². The summed E-state index contributed by atoms with van der Waals surface area (Å²) in [6.07, 6.45) is 1.85. The molecular formula is C11H24N2OS. The summed E-state index contributed by atoms with van der Waals surface area (Å²) in [5.41, 5.74) is 5.80. The summed E-state index contributed by atoms with van der Waals surface area (Å²) >= 11 is 2.02. The van der Waals surface area contributed by atoms with Crippen LogP contribution in [0.5, 0.6) is 0 Å². The Kier molecular flexibility index (Phi) is 5.97. The van der Waals surface area contributed by atoms with Gasteiger partial charge < -0.3 is 16.2 Å². The highest BCUT2D eigenvalue weighted by Crippen LogP contribution is 2.26. The predicted molar refractivity (Wildman–Crippen MR) is 67.2 cm³/mol. The third-order valence-electron chi connectivity index (χ3n) is 2.98. The second-order valence-corrected chi connectivity index (χ2v) is 5.77. The van der Waals surface area contributed by atoms with Crippen molar-refractivity contribution in [1.29, 1.82) is 0 Å². The molecule has 4 unspecified atom stereocenters. The first kappa shape index (κ1) is 13.3. The summed E-state index contributed by atoms with van der Waals surface area (Å²) in [6, 6.07) is 0.776. The van der Waals surface area contributed by atoms with E-state index in [-0.39, 0.29) is 6.10 Å². The summed E-state index contributed by atoms with van der Waals surface area (Å²) in [4.78, 5) is 0. The molecule has 0 bridgehead atoms. The number of nitrogens with two attached hydrogens (primary N) is 1. The van der Waals surface area contributed by atoms with Crippen LogP contribution in [0.25, 0.3) is 0 Å². The number of hydrogen-bond donors (Lipinski definition) is 3. The maximum atomic E-state index is 9.30. The lowest BCUT2D eigenvalue weighted by Gasteiger charge is -2.27. The normalized spacial score (nSPS) is 27.6. The van der Waals surface area contributed by atoms with Crippen LogP contribution in [0.1, 0.15) is 26.7 Å². The van der Waals surface area contributed by atoms with Crippen LogP contribution < -0.4 is 11.1 Å². The largest absolute Gasteiger partial charge is 0.393 e. The third kappa shape index (κ3) is 4.72. The van der Waals surface area contributed by atoms with Gasteiger partial charge >= 0.3 is 0 Å². The number of thioether (sulfide) groups is 1. The minimum absolute atomic E-state index is 0.233. The van der Waals surface area contributed by atoms with Gasteiger partial charge in [-0.2, -0.15) is 11.8 Å². The van der Waals surface area contributed by atoms with E-state index in [0.29, 0.717) is 18.6 Å². The van der Waals surface area contributed by atoms with Crippen LogP contribution >= 0.6 is 11.8 Å². The number of hydrogen-bond acceptors (Lipinski definition) is 4. The van der Waals surface area contributed by atoms with E-state index in [4.69, 9.17) is 5.73 Å². The van der Waals surface area contributed by atoms with Crippen molar-refractivity contribution in [2.75, 3.05) is 18.1 Å². The van der Waals surface area contributed by atoms with Crippen molar-refractivity contribution >= 4 is 11.8 Å². The fourth-order valence-electron chi connectivity index (χ4n) is 2.21. The molecule has 1 rings (SSSR count). The van der Waals surface area contributed by atoms with Gasteiger partial charge in [0.05, 0.1) is 6.10 Å². The van der Waals surface area contributed by atoms with Crippen LogP contribution in [0, 0.1) is 5.92 Å². The Morgan fingerprint density at radius 1 is 1.53 bits per heavy atom. The lowest BCUT2D eigenvalue weighted by atomic mass is 9.98. The highest BCUT2D eigenvalue weighted by atomic mass is 32.2. The molecule has 4 heteroatoms. The van der Waals surface area contributed by atoms with E-state index in [0.717, 1.165) is 12.3 Å². The minimum Gasteiger partial charge on any atom is -0.393 e. The van der Waals surface area contributed by atoms with Crippen molar-refractivity contribution in [2.24, 2.45) is 11.7 Å².